The van der Waals surface area contributed by atoms with Gasteiger partial charge in [0.25, 0.3) is 0 Å². The van der Waals surface area contributed by atoms with Gasteiger partial charge in [-0.25, -0.2) is 0 Å². The Morgan fingerprint density at radius 1 is 1.20 bits per heavy atom. The van der Waals surface area contributed by atoms with Gasteiger partial charge in [0.15, 0.2) is 12.6 Å². The second kappa shape index (κ2) is 8.42. The SMILES string of the molecule is C=CC(=O)NCCOc1ccc(C=C(C=O)C=O)cc1. The lowest BCUT2D eigenvalue weighted by Gasteiger charge is -2.06. The lowest BCUT2D eigenvalue weighted by Crippen LogP contribution is -2.26. The molecule has 0 atom stereocenters. The van der Waals surface area contributed by atoms with Crippen LogP contribution in [0.25, 0.3) is 6.08 Å². The predicted molar refractivity (Wildman–Crippen MR) is 75.2 cm³/mol. The smallest absolute Gasteiger partial charge is 0.243 e. The Labute approximate surface area is 116 Å². The molecular weight excluding hydrogens is 258 g/mol. The van der Waals surface area contributed by atoms with Crippen LogP contribution in [0.5, 0.6) is 5.75 Å². The third-order valence-corrected chi connectivity index (χ3v) is 2.34. The Balaban J connectivity index is 2.48. The lowest BCUT2D eigenvalue weighted by atomic mass is 10.1. The van der Waals surface area contributed by atoms with Crippen molar-refractivity contribution in [1.29, 1.82) is 0 Å². The van der Waals surface area contributed by atoms with Crippen LogP contribution in [0.3, 0.4) is 0 Å². The molecule has 0 saturated heterocycles. The van der Waals surface area contributed by atoms with Gasteiger partial charge in [-0.1, -0.05) is 18.7 Å². The van der Waals surface area contributed by atoms with E-state index in [1.807, 2.05) is 0 Å². The highest BCUT2D eigenvalue weighted by Gasteiger charge is 1.97. The Kier molecular flexibility index (Phi) is 6.47. The van der Waals surface area contributed by atoms with Crippen LogP contribution in [-0.4, -0.2) is 31.6 Å². The monoisotopic (exact) mass is 273 g/mol. The number of ether oxygens (including phenoxy) is 1. The van der Waals surface area contributed by atoms with Gasteiger partial charge < -0.3 is 10.1 Å². The van der Waals surface area contributed by atoms with Crippen molar-refractivity contribution in [1.82, 2.24) is 5.32 Å². The van der Waals surface area contributed by atoms with E-state index in [1.165, 1.54) is 12.2 Å². The van der Waals surface area contributed by atoms with Gasteiger partial charge in [0.1, 0.15) is 12.4 Å². The van der Waals surface area contributed by atoms with Crippen LogP contribution in [0.2, 0.25) is 0 Å². The van der Waals surface area contributed by atoms with Crippen molar-refractivity contribution < 1.29 is 19.1 Å². The zero-order valence-electron chi connectivity index (χ0n) is 10.9. The van der Waals surface area contributed by atoms with Crippen LogP contribution in [0.1, 0.15) is 5.56 Å². The second-order valence-corrected chi connectivity index (χ2v) is 3.79. The number of amides is 1. The molecule has 0 unspecified atom stereocenters. The molecule has 0 bridgehead atoms. The van der Waals surface area contributed by atoms with E-state index in [4.69, 9.17) is 4.74 Å². The number of carbonyl (C=O) groups excluding carboxylic acids is 3. The summed E-state index contributed by atoms with van der Waals surface area (Å²) in [4.78, 5) is 31.9. The highest BCUT2D eigenvalue weighted by molar-refractivity contribution is 6.04. The molecule has 0 aliphatic heterocycles. The summed E-state index contributed by atoms with van der Waals surface area (Å²) in [5, 5.41) is 2.59. The quantitative estimate of drug-likeness (QED) is 0.253. The van der Waals surface area contributed by atoms with Crippen LogP contribution in [0, 0.1) is 0 Å². The summed E-state index contributed by atoms with van der Waals surface area (Å²) in [7, 11) is 0. The van der Waals surface area contributed by atoms with E-state index < -0.39 is 0 Å². The number of benzene rings is 1. The molecular formula is C15H15NO4. The van der Waals surface area contributed by atoms with Gasteiger partial charge >= 0.3 is 0 Å². The van der Waals surface area contributed by atoms with E-state index >= 15 is 0 Å². The van der Waals surface area contributed by atoms with Crippen molar-refractivity contribution in [2.75, 3.05) is 13.2 Å². The Morgan fingerprint density at radius 2 is 1.85 bits per heavy atom. The average molecular weight is 273 g/mol. The Hall–Kier alpha value is -2.69. The first-order valence-corrected chi connectivity index (χ1v) is 5.94. The number of allylic oxidation sites excluding steroid dienone is 1. The van der Waals surface area contributed by atoms with Gasteiger partial charge in [-0.3, -0.25) is 14.4 Å². The fourth-order valence-electron chi connectivity index (χ4n) is 1.36. The molecule has 5 nitrogen and oxygen atoms in total. The maximum Gasteiger partial charge on any atom is 0.243 e. The molecule has 104 valence electrons. The zero-order chi connectivity index (χ0) is 14.8. The first-order valence-electron chi connectivity index (χ1n) is 5.94. The molecule has 1 N–H and O–H groups in total. The first kappa shape index (κ1) is 15.4. The molecule has 0 spiro atoms. The third-order valence-electron chi connectivity index (χ3n) is 2.34. The van der Waals surface area contributed by atoms with E-state index in [1.54, 1.807) is 24.3 Å². The summed E-state index contributed by atoms with van der Waals surface area (Å²) in [5.74, 6) is 0.387. The molecule has 1 aromatic rings. The predicted octanol–water partition coefficient (Wildman–Crippen LogP) is 1.15. The van der Waals surface area contributed by atoms with Crippen molar-refractivity contribution in [3.05, 3.63) is 48.1 Å². The van der Waals surface area contributed by atoms with Gasteiger partial charge in [0.2, 0.25) is 5.91 Å². The van der Waals surface area contributed by atoms with Crippen molar-refractivity contribution in [2.24, 2.45) is 0 Å². The summed E-state index contributed by atoms with van der Waals surface area (Å²) >= 11 is 0. The highest BCUT2D eigenvalue weighted by Crippen LogP contribution is 2.13. The van der Waals surface area contributed by atoms with Crippen molar-refractivity contribution >= 4 is 24.6 Å². The van der Waals surface area contributed by atoms with E-state index in [2.05, 4.69) is 11.9 Å². The molecule has 1 rings (SSSR count). The van der Waals surface area contributed by atoms with Crippen LogP contribution in [0.15, 0.2) is 42.5 Å². The summed E-state index contributed by atoms with van der Waals surface area (Å²) < 4.78 is 5.40. The summed E-state index contributed by atoms with van der Waals surface area (Å²) in [6, 6.07) is 6.89. The fourth-order valence-corrected chi connectivity index (χ4v) is 1.36. The number of rotatable bonds is 8. The first-order chi connectivity index (χ1) is 9.69. The molecule has 20 heavy (non-hydrogen) atoms. The van der Waals surface area contributed by atoms with E-state index in [0.29, 0.717) is 31.5 Å². The maximum absolute atomic E-state index is 10.9. The molecule has 0 saturated carbocycles. The van der Waals surface area contributed by atoms with Crippen LogP contribution in [0.4, 0.5) is 0 Å². The topological polar surface area (TPSA) is 72.5 Å². The minimum absolute atomic E-state index is 0.0748. The molecule has 5 heteroatoms. The number of nitrogens with one attached hydrogen (secondary N) is 1. The molecule has 0 heterocycles. The number of hydrogen-bond acceptors (Lipinski definition) is 4. The third kappa shape index (κ3) is 5.30. The number of aldehydes is 2. The van der Waals surface area contributed by atoms with E-state index in [0.717, 1.165) is 5.56 Å². The minimum Gasteiger partial charge on any atom is -0.492 e. The van der Waals surface area contributed by atoms with Gasteiger partial charge in [-0.2, -0.15) is 0 Å². The molecule has 1 aromatic carbocycles. The lowest BCUT2D eigenvalue weighted by molar-refractivity contribution is -0.116. The molecule has 0 aromatic heterocycles. The second-order valence-electron chi connectivity index (χ2n) is 3.79. The standard InChI is InChI=1S/C15H15NO4/c1-2-15(19)16-7-8-20-14-5-3-12(4-6-14)9-13(10-17)11-18/h2-6,9-11H,1,7-8H2,(H,16,19). The van der Waals surface area contributed by atoms with Crippen LogP contribution < -0.4 is 10.1 Å². The number of hydrogen-bond donors (Lipinski definition) is 1. The normalized spacial score (nSPS) is 9.20. The van der Waals surface area contributed by atoms with Crippen molar-refractivity contribution in [3.63, 3.8) is 0 Å². The Bertz CT molecular complexity index is 507. The fraction of sp³-hybridized carbons (Fsp3) is 0.133. The van der Waals surface area contributed by atoms with Crippen molar-refractivity contribution in [3.8, 4) is 5.75 Å². The molecule has 1 amide bonds. The minimum atomic E-state index is -0.246. The van der Waals surface area contributed by atoms with Gasteiger partial charge in [-0.05, 0) is 29.8 Å². The zero-order valence-corrected chi connectivity index (χ0v) is 10.9. The summed E-state index contributed by atoms with van der Waals surface area (Å²) in [6.45, 7) is 4.05. The van der Waals surface area contributed by atoms with Crippen LogP contribution in [-0.2, 0) is 14.4 Å². The average Bonchev–Trinajstić information content (AvgIpc) is 2.50. The summed E-state index contributed by atoms with van der Waals surface area (Å²) in [5.41, 5.74) is 0.803. The van der Waals surface area contributed by atoms with Crippen LogP contribution >= 0.6 is 0 Å². The molecule has 0 aliphatic rings. The van der Waals surface area contributed by atoms with Gasteiger partial charge in [-0.15, -0.1) is 0 Å². The maximum atomic E-state index is 10.9. The Morgan fingerprint density at radius 3 is 2.40 bits per heavy atom. The largest absolute Gasteiger partial charge is 0.492 e. The van der Waals surface area contributed by atoms with E-state index in [9.17, 15) is 14.4 Å². The summed E-state index contributed by atoms with van der Waals surface area (Å²) in [6.07, 6.45) is 3.67. The molecule has 0 fully saturated rings. The van der Waals surface area contributed by atoms with Crippen molar-refractivity contribution in [2.45, 2.75) is 0 Å². The van der Waals surface area contributed by atoms with Gasteiger partial charge in [0, 0.05) is 0 Å². The van der Waals surface area contributed by atoms with E-state index in [-0.39, 0.29) is 11.5 Å². The van der Waals surface area contributed by atoms with Gasteiger partial charge in [0.05, 0.1) is 12.1 Å². The molecule has 0 radical (unpaired) electrons. The highest BCUT2D eigenvalue weighted by atomic mass is 16.5. The molecule has 0 aliphatic carbocycles. The number of carbonyl (C=O) groups is 3.